The second-order valence-electron chi connectivity index (χ2n) is 1.63. The Morgan fingerprint density at radius 1 is 1.64 bits per heavy atom. The molecule has 0 unspecified atom stereocenters. The Kier molecular flexibility index (Phi) is 5.70. The molecule has 0 atom stereocenters. The maximum absolute atomic E-state index is 9.25. The Morgan fingerprint density at radius 2 is 2.27 bits per heavy atom. The third-order valence-corrected chi connectivity index (χ3v) is 0.789. The van der Waals surface area contributed by atoms with Crippen molar-refractivity contribution in [1.82, 2.24) is 0 Å². The van der Waals surface area contributed by atoms with E-state index in [0.717, 1.165) is 12.7 Å². The van der Waals surface area contributed by atoms with Gasteiger partial charge in [-0.25, -0.2) is 4.79 Å². The van der Waals surface area contributed by atoms with Gasteiger partial charge in [-0.1, -0.05) is 12.7 Å². The van der Waals surface area contributed by atoms with Gasteiger partial charge in [0.1, 0.15) is 6.61 Å². The predicted molar refractivity (Wildman–Crippen MR) is 42.1 cm³/mol. The van der Waals surface area contributed by atoms with Crippen molar-refractivity contribution in [3.8, 4) is 0 Å². The van der Waals surface area contributed by atoms with E-state index in [9.17, 15) is 4.79 Å². The Hall–Kier alpha value is -1.51. The fourth-order valence-corrected chi connectivity index (χ4v) is 0.346. The van der Waals surface area contributed by atoms with Crippen LogP contribution < -0.4 is 0 Å². The maximum atomic E-state index is 9.25. The first kappa shape index (κ1) is 9.49. The van der Waals surface area contributed by atoms with Gasteiger partial charge in [0.2, 0.25) is 0 Å². The van der Waals surface area contributed by atoms with Gasteiger partial charge in [-0.3, -0.25) is 0 Å². The van der Waals surface area contributed by atoms with Crippen LogP contribution in [-0.4, -0.2) is 17.7 Å². The molecule has 0 saturated heterocycles. The van der Waals surface area contributed by atoms with Crippen LogP contribution in [0, 0.1) is 0 Å². The van der Waals surface area contributed by atoms with Crippen LogP contribution >= 0.6 is 0 Å². The Balaban J connectivity index is 0.000000187. The van der Waals surface area contributed by atoms with Crippen LogP contribution in [0.2, 0.25) is 0 Å². The quantitative estimate of drug-likeness (QED) is 0.580. The first-order valence-corrected chi connectivity index (χ1v) is 3.06. The molecule has 11 heavy (non-hydrogen) atoms. The van der Waals surface area contributed by atoms with E-state index in [4.69, 9.17) is 9.84 Å². The molecule has 3 nitrogen and oxygen atoms in total. The van der Waals surface area contributed by atoms with Gasteiger partial charge >= 0.3 is 5.97 Å². The molecule has 60 valence electrons. The van der Waals surface area contributed by atoms with Crippen molar-refractivity contribution in [2.45, 2.75) is 0 Å². The summed E-state index contributed by atoms with van der Waals surface area (Å²) < 4.78 is 4.80. The van der Waals surface area contributed by atoms with E-state index in [0.29, 0.717) is 0 Å². The van der Waals surface area contributed by atoms with Crippen LogP contribution in [0.15, 0.2) is 37.1 Å². The predicted octanol–water partition coefficient (Wildman–Crippen LogP) is 1.34. The van der Waals surface area contributed by atoms with Crippen LogP contribution in [0.1, 0.15) is 0 Å². The lowest BCUT2D eigenvalue weighted by Gasteiger charge is -1.94. The van der Waals surface area contributed by atoms with Crippen molar-refractivity contribution in [2.75, 3.05) is 6.61 Å². The minimum atomic E-state index is -0.981. The zero-order valence-electron chi connectivity index (χ0n) is 6.06. The molecule has 1 aliphatic heterocycles. The number of carboxylic acid groups (broad SMARTS) is 1. The molecule has 0 saturated carbocycles. The topological polar surface area (TPSA) is 46.5 Å². The highest BCUT2D eigenvalue weighted by Crippen LogP contribution is 1.87. The maximum Gasteiger partial charge on any atom is 0.327 e. The van der Waals surface area contributed by atoms with Gasteiger partial charge in [0.15, 0.2) is 0 Å². The number of ether oxygens (including phenoxy) is 1. The molecule has 0 fully saturated rings. The molecule has 0 spiro atoms. The minimum absolute atomic E-state index is 0.733. The normalized spacial score (nSPS) is 12.4. The summed E-state index contributed by atoms with van der Waals surface area (Å²) in [4.78, 5) is 9.25. The molecule has 0 aromatic heterocycles. The van der Waals surface area contributed by atoms with Gasteiger partial charge in [-0.2, -0.15) is 0 Å². The van der Waals surface area contributed by atoms with Gasteiger partial charge in [0.05, 0.1) is 6.26 Å². The highest BCUT2D eigenvalue weighted by Gasteiger charge is 1.75. The molecule has 1 heterocycles. The van der Waals surface area contributed by atoms with Crippen molar-refractivity contribution in [3.05, 3.63) is 37.1 Å². The van der Waals surface area contributed by atoms with Gasteiger partial charge in [0, 0.05) is 6.08 Å². The summed E-state index contributed by atoms with van der Waals surface area (Å²) in [7, 11) is 0. The molecular formula is C8H10O3. The van der Waals surface area contributed by atoms with Crippen LogP contribution in [0.4, 0.5) is 0 Å². The molecule has 1 rings (SSSR count). The van der Waals surface area contributed by atoms with E-state index < -0.39 is 5.97 Å². The molecule has 0 radical (unpaired) electrons. The van der Waals surface area contributed by atoms with Crippen LogP contribution in [0.25, 0.3) is 0 Å². The lowest BCUT2D eigenvalue weighted by molar-refractivity contribution is -0.131. The first-order valence-electron chi connectivity index (χ1n) is 3.06. The van der Waals surface area contributed by atoms with Crippen LogP contribution in [0.3, 0.4) is 0 Å². The molecular weight excluding hydrogens is 144 g/mol. The second kappa shape index (κ2) is 6.61. The standard InChI is InChI=1S/C5H6O.C3H4O2/c1-2-4-6-5-3-1;1-2-3(4)5/h1-4H,5H2;2H,1H2,(H,4,5). The molecule has 0 aromatic rings. The Bertz CT molecular complexity index is 168. The highest BCUT2D eigenvalue weighted by atomic mass is 16.5. The van der Waals surface area contributed by atoms with Crippen molar-refractivity contribution in [2.24, 2.45) is 0 Å². The second-order valence-corrected chi connectivity index (χ2v) is 1.63. The van der Waals surface area contributed by atoms with Gasteiger partial charge in [-0.05, 0) is 12.2 Å². The molecule has 1 aliphatic rings. The molecule has 3 heteroatoms. The summed E-state index contributed by atoms with van der Waals surface area (Å²) in [6, 6.07) is 0. The van der Waals surface area contributed by atoms with Crippen molar-refractivity contribution in [3.63, 3.8) is 0 Å². The fourth-order valence-electron chi connectivity index (χ4n) is 0.346. The van der Waals surface area contributed by atoms with Crippen molar-refractivity contribution < 1.29 is 14.6 Å². The zero-order chi connectivity index (χ0) is 8.53. The van der Waals surface area contributed by atoms with E-state index in [1.54, 1.807) is 6.26 Å². The number of hydrogen-bond donors (Lipinski definition) is 1. The largest absolute Gasteiger partial charge is 0.497 e. The lowest BCUT2D eigenvalue weighted by atomic mass is 10.5. The molecule has 1 N–H and O–H groups in total. The Morgan fingerprint density at radius 3 is 2.36 bits per heavy atom. The third kappa shape index (κ3) is 8.49. The molecule has 0 amide bonds. The van der Waals surface area contributed by atoms with Crippen LogP contribution in [-0.2, 0) is 9.53 Å². The number of rotatable bonds is 1. The van der Waals surface area contributed by atoms with Gasteiger partial charge in [0.25, 0.3) is 0 Å². The summed E-state index contributed by atoms with van der Waals surface area (Å²) in [5.41, 5.74) is 0. The number of carboxylic acids is 1. The average Bonchev–Trinajstić information content (AvgIpc) is 2.09. The fraction of sp³-hybridized carbons (Fsp3) is 0.125. The smallest absolute Gasteiger partial charge is 0.327 e. The summed E-state index contributed by atoms with van der Waals surface area (Å²) in [5.74, 6) is -0.981. The first-order chi connectivity index (χ1) is 5.27. The molecule has 0 aliphatic carbocycles. The van der Waals surface area contributed by atoms with E-state index in [-0.39, 0.29) is 0 Å². The minimum Gasteiger partial charge on any atom is -0.497 e. The summed E-state index contributed by atoms with van der Waals surface area (Å²) in [5, 5.41) is 7.60. The summed E-state index contributed by atoms with van der Waals surface area (Å²) in [6.07, 6.45) is 8.30. The van der Waals surface area contributed by atoms with E-state index in [1.807, 2.05) is 18.2 Å². The Labute approximate surface area is 65.3 Å². The van der Waals surface area contributed by atoms with Crippen molar-refractivity contribution in [1.29, 1.82) is 0 Å². The number of allylic oxidation sites excluding steroid dienone is 2. The number of hydrogen-bond acceptors (Lipinski definition) is 2. The summed E-state index contributed by atoms with van der Waals surface area (Å²) >= 11 is 0. The summed E-state index contributed by atoms with van der Waals surface area (Å²) in [6.45, 7) is 3.69. The van der Waals surface area contributed by atoms with Crippen molar-refractivity contribution >= 4 is 5.97 Å². The van der Waals surface area contributed by atoms with Gasteiger partial charge in [-0.15, -0.1) is 0 Å². The zero-order valence-corrected chi connectivity index (χ0v) is 6.06. The van der Waals surface area contributed by atoms with Crippen LogP contribution in [0.5, 0.6) is 0 Å². The number of aliphatic carboxylic acids is 1. The molecule has 0 aromatic carbocycles. The van der Waals surface area contributed by atoms with E-state index >= 15 is 0 Å². The monoisotopic (exact) mass is 154 g/mol. The van der Waals surface area contributed by atoms with E-state index in [1.165, 1.54) is 0 Å². The SMILES string of the molecule is C1=CCOC=C1.C=CC(=O)O. The van der Waals surface area contributed by atoms with E-state index in [2.05, 4.69) is 6.58 Å². The molecule has 0 bridgehead atoms. The van der Waals surface area contributed by atoms with Gasteiger partial charge < -0.3 is 9.84 Å². The number of carbonyl (C=O) groups is 1. The highest BCUT2D eigenvalue weighted by molar-refractivity contribution is 5.78. The lowest BCUT2D eigenvalue weighted by Crippen LogP contribution is -1.82. The third-order valence-electron chi connectivity index (χ3n) is 0.789. The average molecular weight is 154 g/mol.